The van der Waals surface area contributed by atoms with Crippen LogP contribution >= 0.6 is 0 Å². The third kappa shape index (κ3) is 1.91. The summed E-state index contributed by atoms with van der Waals surface area (Å²) >= 11 is 0. The van der Waals surface area contributed by atoms with Crippen molar-refractivity contribution in [2.45, 2.75) is 19.1 Å². The van der Waals surface area contributed by atoms with Crippen molar-refractivity contribution >= 4 is 11.5 Å². The summed E-state index contributed by atoms with van der Waals surface area (Å²) in [6.07, 6.45) is -11.6. The van der Waals surface area contributed by atoms with Gasteiger partial charge in [0.25, 0.3) is 0 Å². The maximum Gasteiger partial charge on any atom is 0.130 e. The van der Waals surface area contributed by atoms with Crippen molar-refractivity contribution in [2.24, 2.45) is 0 Å². The molecule has 0 saturated carbocycles. The molecule has 0 amide bonds. The minimum Gasteiger partial charge on any atom is -0.399 e. The van der Waals surface area contributed by atoms with Crippen LogP contribution in [0.3, 0.4) is 0 Å². The van der Waals surface area contributed by atoms with Gasteiger partial charge in [-0.1, -0.05) is 0 Å². The van der Waals surface area contributed by atoms with E-state index in [1.54, 1.807) is 0 Å². The van der Waals surface area contributed by atoms with Gasteiger partial charge in [-0.05, 0) is 25.2 Å². The molecule has 1 fully saturated rings. The summed E-state index contributed by atoms with van der Waals surface area (Å²) in [6, 6.07) is -1.58. The van der Waals surface area contributed by atoms with E-state index in [1.165, 1.54) is 0 Å². The maximum absolute atomic E-state index is 8.00. The highest BCUT2D eigenvalue weighted by molar-refractivity contribution is 5.50. The summed E-state index contributed by atoms with van der Waals surface area (Å²) in [5, 5.41) is 0. The van der Waals surface area contributed by atoms with Gasteiger partial charge in [-0.3, -0.25) is 0 Å². The molecule has 70 valence electrons. The lowest BCUT2D eigenvalue weighted by molar-refractivity contribution is 0.573. The van der Waals surface area contributed by atoms with E-state index in [9.17, 15) is 0 Å². The first kappa shape index (κ1) is 2.05. The van der Waals surface area contributed by atoms with E-state index in [2.05, 4.69) is 4.98 Å². The zero-order chi connectivity index (χ0) is 20.7. The van der Waals surface area contributed by atoms with E-state index in [0.29, 0.717) is 0 Å². The molecule has 2 heterocycles. The van der Waals surface area contributed by atoms with E-state index in [-0.39, 0.29) is 4.90 Å². The summed E-state index contributed by atoms with van der Waals surface area (Å²) in [5.41, 5.74) is 4.84. The Kier molecular flexibility index (Phi) is 0.574. The molecular formula is C10H15N3. The fraction of sp³-hybridized carbons (Fsp3) is 0.500. The fourth-order valence-electron chi connectivity index (χ4n) is 0.759. The average Bonchev–Trinajstić information content (AvgIpc) is 2.48. The second kappa shape index (κ2) is 3.64. The smallest absolute Gasteiger partial charge is 0.130 e. The third-order valence-electron chi connectivity index (χ3n) is 1.27. The zero-order valence-corrected chi connectivity index (χ0v) is 6.47. The highest BCUT2D eigenvalue weighted by Gasteiger charge is 2.11. The first-order valence-corrected chi connectivity index (χ1v) is 3.41. The first-order chi connectivity index (χ1) is 11.4. The van der Waals surface area contributed by atoms with E-state index < -0.39 is 61.9 Å². The number of hydrogen-bond donors (Lipinski definition) is 1. The van der Waals surface area contributed by atoms with Gasteiger partial charge < -0.3 is 10.6 Å². The van der Waals surface area contributed by atoms with E-state index in [4.69, 9.17) is 23.6 Å². The predicted octanol–water partition coefficient (Wildman–Crippen LogP) is 1.65. The summed E-state index contributed by atoms with van der Waals surface area (Å²) < 4.78 is 102. The van der Waals surface area contributed by atoms with Crippen LogP contribution in [0, 0.1) is 0 Å². The monoisotopic (exact) mass is 190 g/mol. The van der Waals surface area contributed by atoms with Crippen molar-refractivity contribution < 1.29 is 17.8 Å². The second-order valence-electron chi connectivity index (χ2n) is 2.14. The first-order valence-electron chi connectivity index (χ1n) is 9.91. The molecular weight excluding hydrogens is 162 g/mol. The quantitative estimate of drug-likeness (QED) is 0.732. The van der Waals surface area contributed by atoms with Crippen LogP contribution in [0.4, 0.5) is 11.5 Å². The molecule has 0 unspecified atom stereocenters. The Morgan fingerprint density at radius 3 is 3.00 bits per heavy atom. The van der Waals surface area contributed by atoms with Gasteiger partial charge >= 0.3 is 0 Å². The molecule has 13 heavy (non-hydrogen) atoms. The standard InChI is InChI=1S/C10H15N3/c11-9-4-5-12-10(8-9)13-6-2-1-3-7-13/h4-5,8H,1-3,6-7H2,(H2,11,12)/i1D2,2D2,3D2,4D,5D,6D2,7D2,8D. The number of hydrogen-bond acceptors (Lipinski definition) is 3. The molecule has 1 aliphatic rings. The van der Waals surface area contributed by atoms with Crippen LogP contribution in [-0.2, 0) is 0 Å². The normalized spacial score (nSPS) is 51.4. The summed E-state index contributed by atoms with van der Waals surface area (Å²) in [4.78, 5) is 3.29. The molecule has 0 radical (unpaired) electrons. The van der Waals surface area contributed by atoms with E-state index >= 15 is 0 Å². The van der Waals surface area contributed by atoms with Crippen LogP contribution in [0.15, 0.2) is 18.3 Å². The molecule has 0 bridgehead atoms. The number of nitrogens with zero attached hydrogens (tertiary/aromatic N) is 2. The van der Waals surface area contributed by atoms with Crippen LogP contribution < -0.4 is 10.6 Å². The number of piperidine rings is 1. The van der Waals surface area contributed by atoms with Gasteiger partial charge in [0.05, 0.1) is 4.11 Å². The van der Waals surface area contributed by atoms with Gasteiger partial charge in [-0.15, -0.1) is 0 Å². The number of anilines is 2. The van der Waals surface area contributed by atoms with Gasteiger partial charge in [0.2, 0.25) is 0 Å². The van der Waals surface area contributed by atoms with Crippen LogP contribution in [0.1, 0.15) is 36.9 Å². The van der Waals surface area contributed by atoms with Crippen molar-refractivity contribution in [3.05, 3.63) is 18.3 Å². The molecule has 0 atom stereocenters. The van der Waals surface area contributed by atoms with E-state index in [1.807, 2.05) is 0 Å². The van der Waals surface area contributed by atoms with Crippen molar-refractivity contribution in [2.75, 3.05) is 23.6 Å². The van der Waals surface area contributed by atoms with Crippen molar-refractivity contribution in [3.63, 3.8) is 0 Å². The van der Waals surface area contributed by atoms with Crippen LogP contribution in [-0.4, -0.2) is 18.0 Å². The Morgan fingerprint density at radius 2 is 2.23 bits per heavy atom. The molecule has 0 spiro atoms. The van der Waals surface area contributed by atoms with E-state index in [0.717, 1.165) is 0 Å². The summed E-state index contributed by atoms with van der Waals surface area (Å²) in [7, 11) is 0. The molecule has 3 heteroatoms. The second-order valence-corrected chi connectivity index (χ2v) is 2.14. The molecule has 1 aromatic heterocycles. The Morgan fingerprint density at radius 1 is 1.46 bits per heavy atom. The minimum absolute atomic E-state index is 0.141. The molecule has 1 aromatic rings. The zero-order valence-electron chi connectivity index (χ0n) is 19.5. The van der Waals surface area contributed by atoms with Gasteiger partial charge in [-0.25, -0.2) is 4.98 Å². The van der Waals surface area contributed by atoms with Gasteiger partial charge in [0.1, 0.15) is 5.82 Å². The average molecular weight is 190 g/mol. The topological polar surface area (TPSA) is 42.2 Å². The highest BCUT2D eigenvalue weighted by atomic mass is 15.2. The summed E-state index contributed by atoms with van der Waals surface area (Å²) in [5.74, 6) is -0.998. The Hall–Kier alpha value is -1.25. The highest BCUT2D eigenvalue weighted by Crippen LogP contribution is 2.18. The molecule has 0 aliphatic carbocycles. The van der Waals surface area contributed by atoms with Crippen LogP contribution in [0.25, 0.3) is 0 Å². The predicted molar refractivity (Wildman–Crippen MR) is 54.7 cm³/mol. The van der Waals surface area contributed by atoms with Gasteiger partial charge in [0, 0.05) is 44.6 Å². The number of nitrogens with two attached hydrogens (primary N) is 1. The third-order valence-corrected chi connectivity index (χ3v) is 1.27. The lowest BCUT2D eigenvalue weighted by Gasteiger charge is -2.27. The Bertz CT molecular complexity index is 729. The molecule has 0 aromatic carbocycles. The number of nitrogen functional groups attached to an aromatic ring is 1. The lowest BCUT2D eigenvalue weighted by Crippen LogP contribution is -2.30. The molecule has 3 nitrogen and oxygen atoms in total. The lowest BCUT2D eigenvalue weighted by atomic mass is 10.1. The molecule has 1 aliphatic heterocycles. The van der Waals surface area contributed by atoms with Crippen LogP contribution in [0.5, 0.6) is 0 Å². The number of aromatic nitrogens is 1. The Labute approximate surface area is 96.8 Å². The van der Waals surface area contributed by atoms with Gasteiger partial charge in [-0.2, -0.15) is 0 Å². The Balaban J connectivity index is 2.92. The van der Waals surface area contributed by atoms with Crippen molar-refractivity contribution in [1.82, 2.24) is 4.98 Å². The van der Waals surface area contributed by atoms with Crippen LogP contribution in [0.2, 0.25) is 0 Å². The fourth-order valence-corrected chi connectivity index (χ4v) is 0.759. The molecule has 2 N–H and O–H groups in total. The summed E-state index contributed by atoms with van der Waals surface area (Å²) in [6.45, 7) is -7.03. The largest absolute Gasteiger partial charge is 0.399 e. The SMILES string of the molecule is [2H]c1nc(N2C([2H])([2H])C([2H])([2H])C([2H])([2H])C([2H])([2H])C2([2H])[2H])c([2H])c(N)c1[2H]. The molecule has 1 saturated heterocycles. The number of pyridine rings is 1. The van der Waals surface area contributed by atoms with Crippen molar-refractivity contribution in [3.8, 4) is 0 Å². The molecule has 2 rings (SSSR count). The number of rotatable bonds is 1. The van der Waals surface area contributed by atoms with Crippen molar-refractivity contribution in [1.29, 1.82) is 0 Å². The maximum atomic E-state index is 8.00. The van der Waals surface area contributed by atoms with Gasteiger partial charge in [0.15, 0.2) is 0 Å². The minimum atomic E-state index is -3.60.